The van der Waals surface area contributed by atoms with Gasteiger partial charge in [0.1, 0.15) is 11.3 Å². The van der Waals surface area contributed by atoms with E-state index >= 15 is 0 Å². The molecular weight excluding hydrogens is 304 g/mol. The third-order valence-electron chi connectivity index (χ3n) is 4.43. The van der Waals surface area contributed by atoms with Crippen molar-refractivity contribution < 1.29 is 0 Å². The van der Waals surface area contributed by atoms with Gasteiger partial charge >= 0.3 is 0 Å². The number of imidazole rings is 1. The van der Waals surface area contributed by atoms with Gasteiger partial charge in [-0.05, 0) is 49.5 Å². The van der Waals surface area contributed by atoms with Gasteiger partial charge in [-0.3, -0.25) is 4.90 Å². The SMILES string of the molecule is Cc1ccc2nc(-c3cccs3)c(CN3CCCNCC3)n2c1. The maximum atomic E-state index is 4.92. The van der Waals surface area contributed by atoms with Crippen molar-refractivity contribution in [1.29, 1.82) is 0 Å². The molecule has 0 aromatic carbocycles. The molecule has 0 aliphatic carbocycles. The number of fused-ring (bicyclic) bond motifs is 1. The van der Waals surface area contributed by atoms with Crippen LogP contribution in [0.3, 0.4) is 0 Å². The van der Waals surface area contributed by atoms with Gasteiger partial charge in [0.2, 0.25) is 0 Å². The molecule has 120 valence electrons. The van der Waals surface area contributed by atoms with Crippen LogP contribution in [-0.4, -0.2) is 40.5 Å². The van der Waals surface area contributed by atoms with Crippen molar-refractivity contribution in [3.05, 3.63) is 47.1 Å². The Balaban J connectivity index is 1.78. The second kappa shape index (κ2) is 6.43. The molecule has 23 heavy (non-hydrogen) atoms. The van der Waals surface area contributed by atoms with E-state index in [0.717, 1.165) is 44.1 Å². The van der Waals surface area contributed by atoms with Gasteiger partial charge in [0.15, 0.2) is 0 Å². The van der Waals surface area contributed by atoms with Crippen molar-refractivity contribution in [2.75, 3.05) is 26.2 Å². The van der Waals surface area contributed by atoms with E-state index in [1.165, 1.54) is 22.6 Å². The van der Waals surface area contributed by atoms with E-state index in [9.17, 15) is 0 Å². The number of nitrogens with one attached hydrogen (secondary N) is 1. The van der Waals surface area contributed by atoms with Crippen molar-refractivity contribution in [3.63, 3.8) is 0 Å². The summed E-state index contributed by atoms with van der Waals surface area (Å²) in [5, 5.41) is 5.61. The highest BCUT2D eigenvalue weighted by molar-refractivity contribution is 7.13. The predicted octanol–water partition coefficient (Wildman–Crippen LogP) is 3.17. The quantitative estimate of drug-likeness (QED) is 0.802. The largest absolute Gasteiger partial charge is 0.315 e. The van der Waals surface area contributed by atoms with Crippen molar-refractivity contribution in [1.82, 2.24) is 19.6 Å². The van der Waals surface area contributed by atoms with E-state index in [-0.39, 0.29) is 0 Å². The summed E-state index contributed by atoms with van der Waals surface area (Å²) in [5.74, 6) is 0. The minimum atomic E-state index is 0.958. The maximum Gasteiger partial charge on any atom is 0.137 e. The minimum absolute atomic E-state index is 0.958. The summed E-state index contributed by atoms with van der Waals surface area (Å²) in [6, 6.07) is 8.54. The Hall–Kier alpha value is -1.69. The van der Waals surface area contributed by atoms with E-state index < -0.39 is 0 Å². The number of hydrogen-bond donors (Lipinski definition) is 1. The van der Waals surface area contributed by atoms with Gasteiger partial charge in [0, 0.05) is 25.8 Å². The molecule has 3 aromatic rings. The Morgan fingerprint density at radius 1 is 1.22 bits per heavy atom. The average molecular weight is 326 g/mol. The Bertz CT molecular complexity index is 783. The molecule has 1 aliphatic rings. The fourth-order valence-electron chi connectivity index (χ4n) is 3.23. The van der Waals surface area contributed by atoms with E-state index in [0.29, 0.717) is 0 Å². The lowest BCUT2D eigenvalue weighted by Gasteiger charge is -2.19. The summed E-state index contributed by atoms with van der Waals surface area (Å²) < 4.78 is 2.28. The average Bonchev–Trinajstić information content (AvgIpc) is 3.10. The third kappa shape index (κ3) is 3.04. The first-order valence-corrected chi connectivity index (χ1v) is 9.14. The van der Waals surface area contributed by atoms with Gasteiger partial charge in [-0.2, -0.15) is 0 Å². The lowest BCUT2D eigenvalue weighted by Crippen LogP contribution is -2.28. The van der Waals surface area contributed by atoms with E-state index in [4.69, 9.17) is 4.98 Å². The first kappa shape index (κ1) is 14.9. The molecule has 1 saturated heterocycles. The minimum Gasteiger partial charge on any atom is -0.315 e. The second-order valence-corrected chi connectivity index (χ2v) is 7.15. The van der Waals surface area contributed by atoms with Gasteiger partial charge in [0.25, 0.3) is 0 Å². The monoisotopic (exact) mass is 326 g/mol. The van der Waals surface area contributed by atoms with Crippen LogP contribution in [0, 0.1) is 6.92 Å². The van der Waals surface area contributed by atoms with Gasteiger partial charge in [0.05, 0.1) is 10.6 Å². The zero-order chi connectivity index (χ0) is 15.6. The van der Waals surface area contributed by atoms with E-state index in [2.05, 4.69) is 57.4 Å². The maximum absolute atomic E-state index is 4.92. The molecule has 0 spiro atoms. The van der Waals surface area contributed by atoms with Crippen molar-refractivity contribution in [2.45, 2.75) is 19.9 Å². The zero-order valence-corrected chi connectivity index (χ0v) is 14.3. The molecule has 5 heteroatoms. The topological polar surface area (TPSA) is 32.6 Å². The molecule has 4 nitrogen and oxygen atoms in total. The number of aromatic nitrogens is 2. The number of hydrogen-bond acceptors (Lipinski definition) is 4. The van der Waals surface area contributed by atoms with Gasteiger partial charge < -0.3 is 9.72 Å². The third-order valence-corrected chi connectivity index (χ3v) is 5.30. The molecule has 0 saturated carbocycles. The van der Waals surface area contributed by atoms with Gasteiger partial charge in [-0.15, -0.1) is 11.3 Å². The summed E-state index contributed by atoms with van der Waals surface area (Å²) in [6.45, 7) is 7.55. The second-order valence-electron chi connectivity index (χ2n) is 6.20. The normalized spacial score (nSPS) is 16.7. The van der Waals surface area contributed by atoms with Crippen molar-refractivity contribution >= 4 is 17.0 Å². The number of nitrogens with zero attached hydrogens (tertiary/aromatic N) is 3. The summed E-state index contributed by atoms with van der Waals surface area (Å²) in [5.41, 5.74) is 4.77. The smallest absolute Gasteiger partial charge is 0.137 e. The van der Waals surface area contributed by atoms with Crippen LogP contribution in [0.5, 0.6) is 0 Å². The Morgan fingerprint density at radius 2 is 2.17 bits per heavy atom. The van der Waals surface area contributed by atoms with E-state index in [1.807, 2.05) is 0 Å². The molecule has 0 atom stereocenters. The van der Waals surface area contributed by atoms with Gasteiger partial charge in [-0.1, -0.05) is 12.1 Å². The van der Waals surface area contributed by atoms with Crippen molar-refractivity contribution in [2.24, 2.45) is 0 Å². The van der Waals surface area contributed by atoms with Crippen LogP contribution < -0.4 is 5.32 Å². The highest BCUT2D eigenvalue weighted by Gasteiger charge is 2.18. The first-order chi connectivity index (χ1) is 11.3. The molecular formula is C18H22N4S. The summed E-state index contributed by atoms with van der Waals surface area (Å²) >= 11 is 1.77. The molecule has 1 N–H and O–H groups in total. The molecule has 1 fully saturated rings. The standard InChI is InChI=1S/C18H22N4S/c1-14-5-6-17-20-18(16-4-2-11-23-16)15(22(17)12-14)13-21-9-3-7-19-8-10-21/h2,4-6,11-12,19H,3,7-10,13H2,1H3. The molecule has 1 aliphatic heterocycles. The first-order valence-electron chi connectivity index (χ1n) is 8.26. The Labute approximate surface area is 140 Å². The molecule has 4 heterocycles. The molecule has 3 aromatic heterocycles. The fraction of sp³-hybridized carbons (Fsp3) is 0.389. The van der Waals surface area contributed by atoms with Crippen LogP contribution in [0.1, 0.15) is 17.7 Å². The van der Waals surface area contributed by atoms with E-state index in [1.54, 1.807) is 11.3 Å². The van der Waals surface area contributed by atoms with Crippen LogP contribution in [0.25, 0.3) is 16.2 Å². The van der Waals surface area contributed by atoms with Crippen LogP contribution in [0.4, 0.5) is 0 Å². The fourth-order valence-corrected chi connectivity index (χ4v) is 3.97. The highest BCUT2D eigenvalue weighted by Crippen LogP contribution is 2.29. The van der Waals surface area contributed by atoms with Crippen LogP contribution in [-0.2, 0) is 6.54 Å². The molecule has 0 unspecified atom stereocenters. The molecule has 0 bridgehead atoms. The van der Waals surface area contributed by atoms with Crippen molar-refractivity contribution in [3.8, 4) is 10.6 Å². The Kier molecular flexibility index (Phi) is 4.16. The number of thiophene rings is 1. The summed E-state index contributed by atoms with van der Waals surface area (Å²) in [4.78, 5) is 8.72. The number of aryl methyl sites for hydroxylation is 1. The Morgan fingerprint density at radius 3 is 3.04 bits per heavy atom. The van der Waals surface area contributed by atoms with Gasteiger partial charge in [-0.25, -0.2) is 4.98 Å². The highest BCUT2D eigenvalue weighted by atomic mass is 32.1. The zero-order valence-electron chi connectivity index (χ0n) is 13.5. The molecule has 0 amide bonds. The predicted molar refractivity (Wildman–Crippen MR) is 96.0 cm³/mol. The van der Waals surface area contributed by atoms with Crippen LogP contribution in [0.15, 0.2) is 35.8 Å². The lowest BCUT2D eigenvalue weighted by atomic mass is 10.2. The number of pyridine rings is 1. The van der Waals surface area contributed by atoms with Crippen LogP contribution >= 0.6 is 11.3 Å². The number of rotatable bonds is 3. The van der Waals surface area contributed by atoms with Crippen LogP contribution in [0.2, 0.25) is 0 Å². The molecule has 0 radical (unpaired) electrons. The summed E-state index contributed by atoms with van der Waals surface area (Å²) in [6.07, 6.45) is 3.43. The lowest BCUT2D eigenvalue weighted by molar-refractivity contribution is 0.281. The summed E-state index contributed by atoms with van der Waals surface area (Å²) in [7, 11) is 0. The molecule has 4 rings (SSSR count).